The summed E-state index contributed by atoms with van der Waals surface area (Å²) in [6.45, 7) is 5.00. The van der Waals surface area contributed by atoms with Gasteiger partial charge in [0.05, 0.1) is 34.8 Å². The van der Waals surface area contributed by atoms with E-state index in [1.165, 1.54) is 0 Å². The number of hydrogen-bond acceptors (Lipinski definition) is 4. The number of nitrogens with zero attached hydrogens (tertiary/aromatic N) is 5. The van der Waals surface area contributed by atoms with Crippen molar-refractivity contribution in [2.75, 3.05) is 31.1 Å². The van der Waals surface area contributed by atoms with Crippen LogP contribution in [-0.2, 0) is 6.42 Å². The summed E-state index contributed by atoms with van der Waals surface area (Å²) in [5.41, 5.74) is 4.12. The van der Waals surface area contributed by atoms with Crippen molar-refractivity contribution < 1.29 is 4.79 Å². The number of amides is 1. The maximum absolute atomic E-state index is 13.4. The predicted molar refractivity (Wildman–Crippen MR) is 122 cm³/mol. The minimum absolute atomic E-state index is 0.0202. The molecule has 1 fully saturated rings. The first-order valence-electron chi connectivity index (χ1n) is 10.5. The van der Waals surface area contributed by atoms with Crippen molar-refractivity contribution in [2.24, 2.45) is 0 Å². The molecule has 31 heavy (non-hydrogen) atoms. The summed E-state index contributed by atoms with van der Waals surface area (Å²) < 4.78 is 1.81. The van der Waals surface area contributed by atoms with Gasteiger partial charge in [-0.1, -0.05) is 24.6 Å². The predicted octanol–water partition coefficient (Wildman–Crippen LogP) is 4.31. The first kappa shape index (κ1) is 21.0. The second-order valence-electron chi connectivity index (χ2n) is 7.54. The quantitative estimate of drug-likeness (QED) is 0.614. The maximum Gasteiger partial charge on any atom is 0.257 e. The van der Waals surface area contributed by atoms with Crippen LogP contribution in [0.3, 0.4) is 0 Å². The molecule has 0 N–H and O–H groups in total. The van der Waals surface area contributed by atoms with Gasteiger partial charge in [0.15, 0.2) is 0 Å². The molecule has 2 heterocycles. The number of halogens is 1. The Bertz CT molecular complexity index is 1120. The van der Waals surface area contributed by atoms with Crippen LogP contribution in [0.1, 0.15) is 35.0 Å². The van der Waals surface area contributed by atoms with Crippen molar-refractivity contribution in [2.45, 2.75) is 19.8 Å². The fraction of sp³-hybridized carbons (Fsp3) is 0.292. The minimum atomic E-state index is 0.0202. The second kappa shape index (κ2) is 9.23. The van der Waals surface area contributed by atoms with Crippen LogP contribution in [0.15, 0.2) is 54.7 Å². The molecule has 7 heteroatoms. The smallest absolute Gasteiger partial charge is 0.257 e. The average Bonchev–Trinajstić information content (AvgIpc) is 3.08. The normalized spacial score (nSPS) is 14.2. The standard InChI is InChI=1S/C24H24ClN5O/c1-2-23-22(17-27-30(23)21-6-3-5-19(25)15-21)24(31)29-12-4-11-28(13-14-29)20-9-7-18(16-26)8-10-20/h3,5-10,15,17H,2,4,11-14H2,1H3. The minimum Gasteiger partial charge on any atom is -0.370 e. The fourth-order valence-electron chi connectivity index (χ4n) is 4.02. The molecule has 0 radical (unpaired) electrons. The molecule has 1 saturated heterocycles. The van der Waals surface area contributed by atoms with E-state index in [0.717, 1.165) is 36.6 Å². The van der Waals surface area contributed by atoms with Gasteiger partial charge in [0.2, 0.25) is 0 Å². The van der Waals surface area contributed by atoms with Gasteiger partial charge >= 0.3 is 0 Å². The molecule has 2 aromatic carbocycles. The molecular weight excluding hydrogens is 410 g/mol. The van der Waals surface area contributed by atoms with E-state index in [1.54, 1.807) is 10.9 Å². The van der Waals surface area contributed by atoms with Crippen molar-refractivity contribution in [3.05, 3.63) is 76.6 Å². The van der Waals surface area contributed by atoms with Crippen LogP contribution in [0.25, 0.3) is 5.69 Å². The Kier molecular flexibility index (Phi) is 6.24. The Morgan fingerprint density at radius 3 is 2.61 bits per heavy atom. The molecule has 0 aliphatic carbocycles. The first-order chi connectivity index (χ1) is 15.1. The van der Waals surface area contributed by atoms with Crippen LogP contribution in [-0.4, -0.2) is 46.8 Å². The van der Waals surface area contributed by atoms with E-state index in [0.29, 0.717) is 35.7 Å². The molecule has 0 bridgehead atoms. The van der Waals surface area contributed by atoms with E-state index in [1.807, 2.05) is 60.4 Å². The lowest BCUT2D eigenvalue weighted by molar-refractivity contribution is 0.0766. The highest BCUT2D eigenvalue weighted by Crippen LogP contribution is 2.22. The number of carbonyl (C=O) groups excluding carboxylic acids is 1. The van der Waals surface area contributed by atoms with E-state index in [2.05, 4.69) is 16.1 Å². The highest BCUT2D eigenvalue weighted by molar-refractivity contribution is 6.30. The monoisotopic (exact) mass is 433 g/mol. The van der Waals surface area contributed by atoms with E-state index in [9.17, 15) is 4.79 Å². The van der Waals surface area contributed by atoms with Crippen molar-refractivity contribution in [1.29, 1.82) is 5.26 Å². The van der Waals surface area contributed by atoms with Crippen LogP contribution in [0.5, 0.6) is 0 Å². The first-order valence-corrected chi connectivity index (χ1v) is 10.9. The fourth-order valence-corrected chi connectivity index (χ4v) is 4.20. The van der Waals surface area contributed by atoms with E-state index >= 15 is 0 Å². The molecule has 4 rings (SSSR count). The molecule has 0 unspecified atom stereocenters. The highest BCUT2D eigenvalue weighted by atomic mass is 35.5. The lowest BCUT2D eigenvalue weighted by atomic mass is 10.1. The van der Waals surface area contributed by atoms with Gasteiger partial charge in [-0.3, -0.25) is 4.79 Å². The third-order valence-corrected chi connectivity index (χ3v) is 5.87. The van der Waals surface area contributed by atoms with E-state index in [-0.39, 0.29) is 5.91 Å². The van der Waals surface area contributed by atoms with Crippen molar-refractivity contribution in [3.63, 3.8) is 0 Å². The van der Waals surface area contributed by atoms with Gasteiger partial charge in [-0.15, -0.1) is 0 Å². The van der Waals surface area contributed by atoms with Crippen LogP contribution >= 0.6 is 11.6 Å². The Labute approximate surface area is 187 Å². The van der Waals surface area contributed by atoms with Crippen molar-refractivity contribution in [1.82, 2.24) is 14.7 Å². The van der Waals surface area contributed by atoms with Gasteiger partial charge in [0.1, 0.15) is 0 Å². The number of anilines is 1. The Morgan fingerprint density at radius 2 is 1.90 bits per heavy atom. The molecular formula is C24H24ClN5O. The maximum atomic E-state index is 13.4. The van der Waals surface area contributed by atoms with Crippen LogP contribution in [0, 0.1) is 11.3 Å². The molecule has 1 aliphatic heterocycles. The van der Waals surface area contributed by atoms with E-state index in [4.69, 9.17) is 16.9 Å². The van der Waals surface area contributed by atoms with Gasteiger partial charge in [-0.05, 0) is 55.3 Å². The highest BCUT2D eigenvalue weighted by Gasteiger charge is 2.25. The topological polar surface area (TPSA) is 65.2 Å². The van der Waals surface area contributed by atoms with Crippen LogP contribution in [0.2, 0.25) is 5.02 Å². The summed E-state index contributed by atoms with van der Waals surface area (Å²) in [5, 5.41) is 14.1. The summed E-state index contributed by atoms with van der Waals surface area (Å²) in [5.74, 6) is 0.0202. The molecule has 1 aromatic heterocycles. The Balaban J connectivity index is 1.51. The molecule has 6 nitrogen and oxygen atoms in total. The molecule has 3 aromatic rings. The molecule has 0 atom stereocenters. The Morgan fingerprint density at radius 1 is 1.10 bits per heavy atom. The van der Waals surface area contributed by atoms with Gasteiger partial charge in [0, 0.05) is 36.9 Å². The molecule has 1 amide bonds. The largest absolute Gasteiger partial charge is 0.370 e. The summed E-state index contributed by atoms with van der Waals surface area (Å²) in [6, 6.07) is 17.3. The van der Waals surface area contributed by atoms with Gasteiger partial charge < -0.3 is 9.80 Å². The summed E-state index contributed by atoms with van der Waals surface area (Å²) >= 11 is 6.14. The third kappa shape index (κ3) is 4.42. The van der Waals surface area contributed by atoms with E-state index < -0.39 is 0 Å². The van der Waals surface area contributed by atoms with Crippen LogP contribution < -0.4 is 4.90 Å². The lowest BCUT2D eigenvalue weighted by Crippen LogP contribution is -2.35. The molecule has 1 aliphatic rings. The average molecular weight is 434 g/mol. The zero-order valence-electron chi connectivity index (χ0n) is 17.5. The Hall–Kier alpha value is -3.30. The van der Waals surface area contributed by atoms with Crippen molar-refractivity contribution >= 4 is 23.2 Å². The number of hydrogen-bond donors (Lipinski definition) is 0. The SMILES string of the molecule is CCc1c(C(=O)N2CCCN(c3ccc(C#N)cc3)CC2)cnn1-c1cccc(Cl)c1. The summed E-state index contributed by atoms with van der Waals surface area (Å²) in [7, 11) is 0. The second-order valence-corrected chi connectivity index (χ2v) is 7.98. The number of rotatable bonds is 4. The summed E-state index contributed by atoms with van der Waals surface area (Å²) in [4.78, 5) is 17.5. The zero-order valence-corrected chi connectivity index (χ0v) is 18.2. The molecule has 0 saturated carbocycles. The summed E-state index contributed by atoms with van der Waals surface area (Å²) in [6.07, 6.45) is 3.25. The molecule has 0 spiro atoms. The van der Waals surface area contributed by atoms with Crippen molar-refractivity contribution in [3.8, 4) is 11.8 Å². The molecule has 158 valence electrons. The van der Waals surface area contributed by atoms with Gasteiger partial charge in [-0.25, -0.2) is 4.68 Å². The van der Waals surface area contributed by atoms with Crippen LogP contribution in [0.4, 0.5) is 5.69 Å². The lowest BCUT2D eigenvalue weighted by Gasteiger charge is -2.24. The zero-order chi connectivity index (χ0) is 21.8. The number of aromatic nitrogens is 2. The van der Waals surface area contributed by atoms with Gasteiger partial charge in [-0.2, -0.15) is 10.4 Å². The van der Waals surface area contributed by atoms with Gasteiger partial charge in [0.25, 0.3) is 5.91 Å². The number of nitriles is 1. The number of carbonyl (C=O) groups is 1. The third-order valence-electron chi connectivity index (χ3n) is 5.63. The number of benzene rings is 2.